The number of piperazine rings is 2. The van der Waals surface area contributed by atoms with Gasteiger partial charge in [-0.3, -0.25) is 9.80 Å². The lowest BCUT2D eigenvalue weighted by atomic mass is 9.89. The van der Waals surface area contributed by atoms with Crippen LogP contribution in [0.5, 0.6) is 5.75 Å². The Labute approximate surface area is 279 Å². The molecule has 2 saturated heterocycles. The second-order valence-electron chi connectivity index (χ2n) is 14.5. The Hall–Kier alpha value is -1.95. The zero-order valence-electron chi connectivity index (χ0n) is 28.2. The number of fused-ring (bicyclic) bond motifs is 1. The molecule has 2 aliphatic heterocycles. The van der Waals surface area contributed by atoms with Crippen LogP contribution in [0.25, 0.3) is 0 Å². The molecular formula is C39H59ClN4O. The molecule has 3 saturated carbocycles. The number of anilines is 2. The van der Waals surface area contributed by atoms with Crippen LogP contribution in [-0.2, 0) is 0 Å². The second-order valence-corrected chi connectivity index (χ2v) is 14.9. The van der Waals surface area contributed by atoms with E-state index in [2.05, 4.69) is 69.8 Å². The number of halogens is 1. The van der Waals surface area contributed by atoms with Crippen LogP contribution >= 0.6 is 11.6 Å². The molecule has 5 fully saturated rings. The molecule has 7 rings (SSSR count). The summed E-state index contributed by atoms with van der Waals surface area (Å²) in [5.74, 6) is 5.05. The van der Waals surface area contributed by atoms with Crippen LogP contribution in [0.2, 0.25) is 5.02 Å². The van der Waals surface area contributed by atoms with Crippen LogP contribution in [0.3, 0.4) is 0 Å². The molecular weight excluding hydrogens is 576 g/mol. The summed E-state index contributed by atoms with van der Waals surface area (Å²) in [6.07, 6.45) is 14.6. The van der Waals surface area contributed by atoms with Gasteiger partial charge in [-0.25, -0.2) is 0 Å². The van der Waals surface area contributed by atoms with Crippen LogP contribution in [0.1, 0.15) is 78.1 Å². The van der Waals surface area contributed by atoms with E-state index in [-0.39, 0.29) is 0 Å². The van der Waals surface area contributed by atoms with Crippen LogP contribution < -0.4 is 14.5 Å². The first-order valence-electron chi connectivity index (χ1n) is 18.5. The first-order valence-corrected chi connectivity index (χ1v) is 18.9. The first kappa shape index (κ1) is 33.0. The molecule has 2 aromatic rings. The van der Waals surface area contributed by atoms with Crippen LogP contribution in [-0.4, -0.2) is 81.4 Å². The van der Waals surface area contributed by atoms with E-state index in [4.69, 9.17) is 16.3 Å². The van der Waals surface area contributed by atoms with Crippen molar-refractivity contribution in [1.29, 1.82) is 0 Å². The molecule has 0 aromatic heterocycles. The fraction of sp³-hybridized carbons (Fsp3) is 0.692. The number of ether oxygens (including phenoxy) is 1. The molecule has 6 heteroatoms. The molecule has 5 aliphatic rings. The smallest absolute Gasteiger partial charge is 0.142 e. The van der Waals surface area contributed by atoms with Crippen LogP contribution in [0.15, 0.2) is 48.5 Å². The lowest BCUT2D eigenvalue weighted by Crippen LogP contribution is -2.51. The maximum atomic E-state index is 6.01. The molecule has 2 heterocycles. The number of benzene rings is 2. The third-order valence-corrected chi connectivity index (χ3v) is 12.1. The second kappa shape index (κ2) is 16.2. The van der Waals surface area contributed by atoms with Gasteiger partial charge in [-0.05, 0) is 106 Å². The van der Waals surface area contributed by atoms with Crippen molar-refractivity contribution in [2.24, 2.45) is 23.7 Å². The van der Waals surface area contributed by atoms with Crippen LogP contribution in [0, 0.1) is 23.7 Å². The molecule has 2 aromatic carbocycles. The Balaban J connectivity index is 0.000000159. The molecule has 5 nitrogen and oxygen atoms in total. The molecule has 3 aliphatic carbocycles. The topological polar surface area (TPSA) is 22.2 Å². The quantitative estimate of drug-likeness (QED) is 0.290. The summed E-state index contributed by atoms with van der Waals surface area (Å²) in [4.78, 5) is 10.5. The van der Waals surface area contributed by atoms with Gasteiger partial charge in [0.2, 0.25) is 0 Å². The normalized spacial score (nSPS) is 28.1. The van der Waals surface area contributed by atoms with Crippen LogP contribution in [0.4, 0.5) is 11.4 Å². The minimum atomic E-state index is 0.735. The molecule has 0 bridgehead atoms. The SMILES string of the molecule is CCC1CC2CCC(N3CCN(c4ccc(Cl)cc4)CC3)C2C1.CCOc1ccccc1N1CCN(CC2CCCCC2)CC1. The number of hydrogen-bond acceptors (Lipinski definition) is 5. The maximum Gasteiger partial charge on any atom is 0.142 e. The molecule has 45 heavy (non-hydrogen) atoms. The Kier molecular flexibility index (Phi) is 11.9. The lowest BCUT2D eigenvalue weighted by molar-refractivity contribution is 0.143. The van der Waals surface area contributed by atoms with Crippen molar-refractivity contribution in [1.82, 2.24) is 9.80 Å². The van der Waals surface area contributed by atoms with Crippen molar-refractivity contribution in [3.63, 3.8) is 0 Å². The Bertz CT molecular complexity index is 1150. The van der Waals surface area contributed by atoms with Gasteiger partial charge in [0, 0.05) is 75.7 Å². The van der Waals surface area contributed by atoms with E-state index in [9.17, 15) is 0 Å². The minimum absolute atomic E-state index is 0.735. The summed E-state index contributed by atoms with van der Waals surface area (Å²) < 4.78 is 5.78. The fourth-order valence-electron chi connectivity index (χ4n) is 9.33. The highest BCUT2D eigenvalue weighted by Crippen LogP contribution is 2.49. The molecule has 4 unspecified atom stereocenters. The van der Waals surface area contributed by atoms with Crippen molar-refractivity contribution in [2.45, 2.75) is 84.1 Å². The highest BCUT2D eigenvalue weighted by Gasteiger charge is 2.45. The number of para-hydroxylation sites is 2. The summed E-state index contributed by atoms with van der Waals surface area (Å²) in [6, 6.07) is 17.7. The molecule has 4 atom stereocenters. The van der Waals surface area contributed by atoms with E-state index < -0.39 is 0 Å². The standard InChI is InChI=1S/C20H29ClN2.C19H30N2O/c1-2-15-13-16-3-8-20(19(16)14-15)23-11-9-22(10-12-23)18-6-4-17(21)5-7-18;1-2-22-19-11-7-6-10-18(19)21-14-12-20(13-15-21)16-17-8-4-3-5-9-17/h4-7,15-16,19-20H,2-3,8-14H2,1H3;6-7,10-11,17H,2-5,8-9,12-16H2,1H3. The molecule has 0 radical (unpaired) electrons. The third kappa shape index (κ3) is 8.51. The summed E-state index contributed by atoms with van der Waals surface area (Å²) in [5.41, 5.74) is 2.59. The van der Waals surface area contributed by atoms with Crippen molar-refractivity contribution < 1.29 is 4.74 Å². The highest BCUT2D eigenvalue weighted by molar-refractivity contribution is 6.30. The zero-order valence-corrected chi connectivity index (χ0v) is 29.0. The predicted molar refractivity (Wildman–Crippen MR) is 191 cm³/mol. The summed E-state index contributed by atoms with van der Waals surface area (Å²) >= 11 is 6.01. The summed E-state index contributed by atoms with van der Waals surface area (Å²) in [7, 11) is 0. The van der Waals surface area contributed by atoms with Gasteiger partial charge in [-0.1, -0.05) is 56.3 Å². The predicted octanol–water partition coefficient (Wildman–Crippen LogP) is 8.46. The summed E-state index contributed by atoms with van der Waals surface area (Å²) in [5, 5.41) is 0.830. The van der Waals surface area contributed by atoms with Crippen molar-refractivity contribution in [3.8, 4) is 5.75 Å². The van der Waals surface area contributed by atoms with Gasteiger partial charge in [-0.15, -0.1) is 0 Å². The van der Waals surface area contributed by atoms with Gasteiger partial charge >= 0.3 is 0 Å². The lowest BCUT2D eigenvalue weighted by Gasteiger charge is -2.41. The van der Waals surface area contributed by atoms with Crippen molar-refractivity contribution in [3.05, 3.63) is 53.6 Å². The Morgan fingerprint density at radius 3 is 2.13 bits per heavy atom. The average molecular weight is 635 g/mol. The van der Waals surface area contributed by atoms with E-state index in [1.165, 1.54) is 108 Å². The van der Waals surface area contributed by atoms with E-state index in [0.717, 1.165) is 73.3 Å². The van der Waals surface area contributed by atoms with Gasteiger partial charge in [0.15, 0.2) is 0 Å². The minimum Gasteiger partial charge on any atom is -0.492 e. The van der Waals surface area contributed by atoms with Gasteiger partial charge < -0.3 is 14.5 Å². The zero-order chi connectivity index (χ0) is 31.0. The van der Waals surface area contributed by atoms with E-state index in [0.29, 0.717) is 0 Å². The first-order chi connectivity index (χ1) is 22.1. The molecule has 0 amide bonds. The number of nitrogens with zero attached hydrogens (tertiary/aromatic N) is 4. The Morgan fingerprint density at radius 1 is 0.711 bits per heavy atom. The number of hydrogen-bond donors (Lipinski definition) is 0. The van der Waals surface area contributed by atoms with Gasteiger partial charge in [0.25, 0.3) is 0 Å². The van der Waals surface area contributed by atoms with Crippen molar-refractivity contribution >= 4 is 23.0 Å². The van der Waals surface area contributed by atoms with Gasteiger partial charge in [-0.2, -0.15) is 0 Å². The third-order valence-electron chi connectivity index (χ3n) is 11.8. The fourth-order valence-corrected chi connectivity index (χ4v) is 9.46. The Morgan fingerprint density at radius 2 is 1.42 bits per heavy atom. The molecule has 0 spiro atoms. The molecule has 248 valence electrons. The highest BCUT2D eigenvalue weighted by atomic mass is 35.5. The summed E-state index contributed by atoms with van der Waals surface area (Å²) in [6.45, 7) is 15.9. The maximum absolute atomic E-state index is 6.01. The van der Waals surface area contributed by atoms with E-state index >= 15 is 0 Å². The van der Waals surface area contributed by atoms with E-state index in [1.54, 1.807) is 0 Å². The van der Waals surface area contributed by atoms with Gasteiger partial charge in [0.1, 0.15) is 5.75 Å². The van der Waals surface area contributed by atoms with Crippen molar-refractivity contribution in [2.75, 3.05) is 75.3 Å². The van der Waals surface area contributed by atoms with Gasteiger partial charge in [0.05, 0.1) is 12.3 Å². The van der Waals surface area contributed by atoms with E-state index in [1.807, 2.05) is 12.1 Å². The largest absolute Gasteiger partial charge is 0.492 e. The number of rotatable bonds is 8. The molecule has 0 N–H and O–H groups in total. The monoisotopic (exact) mass is 634 g/mol. The average Bonchev–Trinajstić information content (AvgIpc) is 3.68.